The van der Waals surface area contributed by atoms with Gasteiger partial charge in [-0.3, -0.25) is 9.78 Å². The van der Waals surface area contributed by atoms with Gasteiger partial charge in [-0.05, 0) is 32.0 Å². The van der Waals surface area contributed by atoms with Gasteiger partial charge in [-0.15, -0.1) is 0 Å². The van der Waals surface area contributed by atoms with Gasteiger partial charge in [0.1, 0.15) is 6.04 Å². The highest BCUT2D eigenvalue weighted by atomic mass is 79.9. The van der Waals surface area contributed by atoms with E-state index in [9.17, 15) is 4.79 Å². The molecule has 112 valence electrons. The molecule has 0 fully saturated rings. The van der Waals surface area contributed by atoms with Gasteiger partial charge in [0.25, 0.3) is 0 Å². The quantitative estimate of drug-likeness (QED) is 0.889. The number of nitrogens with two attached hydrogens (primary N) is 1. The predicted molar refractivity (Wildman–Crippen MR) is 90.3 cm³/mol. The van der Waals surface area contributed by atoms with Crippen LogP contribution >= 0.6 is 15.9 Å². The van der Waals surface area contributed by atoms with Crippen molar-refractivity contribution in [1.29, 1.82) is 0 Å². The Morgan fingerprint density at radius 3 is 2.90 bits per heavy atom. The molecule has 6 heteroatoms. The first kappa shape index (κ1) is 15.6. The van der Waals surface area contributed by atoms with Gasteiger partial charge in [-0.2, -0.15) is 0 Å². The average molecular weight is 351 g/mol. The Morgan fingerprint density at radius 1 is 1.52 bits per heavy atom. The van der Waals surface area contributed by atoms with Crippen LogP contribution in [-0.4, -0.2) is 35.4 Å². The van der Waals surface area contributed by atoms with E-state index in [1.165, 1.54) is 0 Å². The first-order chi connectivity index (χ1) is 9.93. The third-order valence-electron chi connectivity index (χ3n) is 3.44. The molecule has 5 nitrogen and oxygen atoms in total. The summed E-state index contributed by atoms with van der Waals surface area (Å²) in [5, 5.41) is 4.11. The van der Waals surface area contributed by atoms with Crippen molar-refractivity contribution in [3.8, 4) is 0 Å². The van der Waals surface area contributed by atoms with Gasteiger partial charge in [0.05, 0.1) is 23.1 Å². The number of hydrogen-bond donors (Lipinski definition) is 2. The van der Waals surface area contributed by atoms with Crippen molar-refractivity contribution < 1.29 is 4.79 Å². The number of likely N-dealkylation sites (N-methyl/N-ethyl adjacent to an activating group) is 1. The van der Waals surface area contributed by atoms with Crippen LogP contribution in [0.2, 0.25) is 0 Å². The third-order valence-corrected chi connectivity index (χ3v) is 3.93. The predicted octanol–water partition coefficient (Wildman–Crippen LogP) is 2.86. The van der Waals surface area contributed by atoms with Gasteiger partial charge >= 0.3 is 0 Å². The number of nitrogens with one attached hydrogen (secondary N) is 1. The monoisotopic (exact) mass is 350 g/mol. The molecule has 1 aromatic carbocycles. The first-order valence-electron chi connectivity index (χ1n) is 6.79. The lowest BCUT2D eigenvalue weighted by molar-refractivity contribution is -0.130. The minimum Gasteiger partial charge on any atom is -0.396 e. The van der Waals surface area contributed by atoms with Crippen LogP contribution in [0.4, 0.5) is 11.4 Å². The molecule has 1 amide bonds. The molecule has 1 aromatic heterocycles. The van der Waals surface area contributed by atoms with E-state index < -0.39 is 0 Å². The second-order valence-corrected chi connectivity index (χ2v) is 5.88. The van der Waals surface area contributed by atoms with Crippen molar-refractivity contribution in [2.24, 2.45) is 0 Å². The molecule has 0 aliphatic rings. The van der Waals surface area contributed by atoms with Crippen molar-refractivity contribution in [2.45, 2.75) is 19.9 Å². The fourth-order valence-electron chi connectivity index (χ4n) is 2.11. The van der Waals surface area contributed by atoms with Gasteiger partial charge in [0.15, 0.2) is 0 Å². The number of amides is 1. The van der Waals surface area contributed by atoms with Crippen LogP contribution in [0, 0.1) is 0 Å². The normalized spacial score (nSPS) is 12.2. The zero-order chi connectivity index (χ0) is 15.6. The molecule has 0 spiro atoms. The summed E-state index contributed by atoms with van der Waals surface area (Å²) in [7, 11) is 1.78. The van der Waals surface area contributed by atoms with Crippen molar-refractivity contribution in [3.05, 3.63) is 28.9 Å². The third kappa shape index (κ3) is 3.26. The zero-order valence-corrected chi connectivity index (χ0v) is 13.9. The maximum absolute atomic E-state index is 12.2. The van der Waals surface area contributed by atoms with Crippen molar-refractivity contribution in [3.63, 3.8) is 0 Å². The summed E-state index contributed by atoms with van der Waals surface area (Å²) in [5.41, 5.74) is 8.13. The Balaban J connectivity index is 2.39. The maximum atomic E-state index is 12.2. The number of carbonyl (C=O) groups excluding carboxylic acids is 1. The number of carbonyl (C=O) groups is 1. The van der Waals surface area contributed by atoms with E-state index >= 15 is 0 Å². The zero-order valence-electron chi connectivity index (χ0n) is 12.4. The van der Waals surface area contributed by atoms with Crippen LogP contribution in [0.5, 0.6) is 0 Å². The second kappa shape index (κ2) is 6.30. The summed E-state index contributed by atoms with van der Waals surface area (Å²) in [6.45, 7) is 4.44. The summed E-state index contributed by atoms with van der Waals surface area (Å²) < 4.78 is 0.940. The second-order valence-electron chi connectivity index (χ2n) is 4.97. The summed E-state index contributed by atoms with van der Waals surface area (Å²) in [6.07, 6.45) is 1.61. The van der Waals surface area contributed by atoms with E-state index in [2.05, 4.69) is 26.2 Å². The minimum atomic E-state index is -0.359. The Morgan fingerprint density at radius 2 is 2.24 bits per heavy atom. The van der Waals surface area contributed by atoms with Crippen LogP contribution in [0.15, 0.2) is 28.9 Å². The number of benzene rings is 1. The van der Waals surface area contributed by atoms with Gasteiger partial charge < -0.3 is 16.0 Å². The Labute approximate surface area is 132 Å². The van der Waals surface area contributed by atoms with E-state index in [0.29, 0.717) is 12.2 Å². The minimum absolute atomic E-state index is 0.0249. The lowest BCUT2D eigenvalue weighted by Gasteiger charge is -2.22. The van der Waals surface area contributed by atoms with Crippen LogP contribution in [0.1, 0.15) is 13.8 Å². The maximum Gasteiger partial charge on any atom is 0.244 e. The van der Waals surface area contributed by atoms with E-state index in [1.807, 2.05) is 32.0 Å². The average Bonchev–Trinajstić information content (AvgIpc) is 2.48. The fraction of sp³-hybridized carbons (Fsp3) is 0.333. The van der Waals surface area contributed by atoms with E-state index in [4.69, 9.17) is 5.73 Å². The number of fused-ring (bicyclic) bond motifs is 1. The molecule has 2 aromatic rings. The number of hydrogen-bond acceptors (Lipinski definition) is 4. The molecule has 0 radical (unpaired) electrons. The molecule has 1 heterocycles. The van der Waals surface area contributed by atoms with Crippen LogP contribution in [-0.2, 0) is 4.79 Å². The van der Waals surface area contributed by atoms with Crippen molar-refractivity contribution >= 4 is 44.1 Å². The molecule has 1 unspecified atom stereocenters. The molecule has 2 rings (SSSR count). The van der Waals surface area contributed by atoms with Crippen LogP contribution < -0.4 is 11.1 Å². The number of anilines is 2. The summed E-state index contributed by atoms with van der Waals surface area (Å²) in [5.74, 6) is 0.0249. The van der Waals surface area contributed by atoms with E-state index in [1.54, 1.807) is 18.1 Å². The highest BCUT2D eigenvalue weighted by Gasteiger charge is 2.18. The highest BCUT2D eigenvalue weighted by Crippen LogP contribution is 2.30. The molecular weight excluding hydrogens is 332 g/mol. The number of aromatic nitrogens is 1. The van der Waals surface area contributed by atoms with Crippen molar-refractivity contribution in [1.82, 2.24) is 9.88 Å². The lowest BCUT2D eigenvalue weighted by atomic mass is 10.1. The van der Waals surface area contributed by atoms with Gasteiger partial charge in [-0.1, -0.05) is 15.9 Å². The van der Waals surface area contributed by atoms with Gasteiger partial charge in [0.2, 0.25) is 5.91 Å². The van der Waals surface area contributed by atoms with Gasteiger partial charge in [-0.25, -0.2) is 0 Å². The van der Waals surface area contributed by atoms with Crippen molar-refractivity contribution in [2.75, 3.05) is 24.6 Å². The molecule has 3 N–H and O–H groups in total. The Bertz CT molecular complexity index is 669. The Kier molecular flexibility index (Phi) is 4.67. The molecular formula is C15H19BrN4O. The van der Waals surface area contributed by atoms with E-state index in [0.717, 1.165) is 21.1 Å². The van der Waals surface area contributed by atoms with E-state index in [-0.39, 0.29) is 11.9 Å². The largest absolute Gasteiger partial charge is 0.396 e. The summed E-state index contributed by atoms with van der Waals surface area (Å²) in [6, 6.07) is 5.42. The highest BCUT2D eigenvalue weighted by molar-refractivity contribution is 9.10. The number of rotatable bonds is 4. The SMILES string of the molecule is CCN(C)C(=O)C(C)Nc1c(N)cnc2ccc(Br)cc12. The van der Waals surface area contributed by atoms with Crippen LogP contribution in [0.25, 0.3) is 10.9 Å². The summed E-state index contributed by atoms with van der Waals surface area (Å²) in [4.78, 5) is 18.2. The molecule has 0 bridgehead atoms. The first-order valence-corrected chi connectivity index (χ1v) is 7.58. The number of pyridine rings is 1. The molecule has 21 heavy (non-hydrogen) atoms. The molecule has 0 saturated carbocycles. The lowest BCUT2D eigenvalue weighted by Crippen LogP contribution is -2.39. The molecule has 1 atom stereocenters. The summed E-state index contributed by atoms with van der Waals surface area (Å²) >= 11 is 3.45. The number of halogens is 1. The number of nitrogen functional groups attached to an aromatic ring is 1. The topological polar surface area (TPSA) is 71.2 Å². The smallest absolute Gasteiger partial charge is 0.244 e. The Hall–Kier alpha value is -1.82. The number of nitrogens with zero attached hydrogens (tertiary/aromatic N) is 2. The van der Waals surface area contributed by atoms with Crippen LogP contribution in [0.3, 0.4) is 0 Å². The molecule has 0 aliphatic heterocycles. The standard InChI is InChI=1S/C15H19BrN4O/c1-4-20(3)15(21)9(2)19-14-11-7-10(16)5-6-13(11)18-8-12(14)17/h5-9H,4,17H2,1-3H3,(H,18,19). The van der Waals surface area contributed by atoms with Gasteiger partial charge in [0, 0.05) is 23.5 Å². The fourth-order valence-corrected chi connectivity index (χ4v) is 2.47. The molecule has 0 aliphatic carbocycles. The molecule has 0 saturated heterocycles.